The molecule has 0 bridgehead atoms. The molecule has 1 unspecified atom stereocenters. The second-order valence-corrected chi connectivity index (χ2v) is 12.6. The third-order valence-electron chi connectivity index (χ3n) is 8.39. The number of benzene rings is 5. The molecular formula is C36H22S2. The van der Waals surface area contributed by atoms with Crippen molar-refractivity contribution in [3.05, 3.63) is 126 Å². The third kappa shape index (κ3) is 2.90. The van der Waals surface area contributed by atoms with Crippen LogP contribution < -0.4 is 0 Å². The van der Waals surface area contributed by atoms with Crippen LogP contribution in [-0.4, -0.2) is 0 Å². The van der Waals surface area contributed by atoms with Crippen LogP contribution in [0.2, 0.25) is 0 Å². The fraction of sp³-hybridized carbons (Fsp3) is 0.0556. The molecule has 9 rings (SSSR count). The molecule has 0 spiro atoms. The van der Waals surface area contributed by atoms with E-state index >= 15 is 0 Å². The summed E-state index contributed by atoms with van der Waals surface area (Å²) >= 11 is 3.85. The molecule has 2 aromatic heterocycles. The predicted octanol–water partition coefficient (Wildman–Crippen LogP) is 11.1. The average molecular weight is 519 g/mol. The minimum absolute atomic E-state index is 0.507. The highest BCUT2D eigenvalue weighted by molar-refractivity contribution is 7.25. The first-order valence-corrected chi connectivity index (χ1v) is 14.8. The zero-order chi connectivity index (χ0) is 24.8. The lowest BCUT2D eigenvalue weighted by atomic mass is 9.85. The molecule has 0 N–H and O–H groups in total. The van der Waals surface area contributed by atoms with Crippen molar-refractivity contribution in [3.8, 4) is 32.7 Å². The molecule has 0 amide bonds. The monoisotopic (exact) mass is 518 g/mol. The summed E-state index contributed by atoms with van der Waals surface area (Å²) in [6, 6.07) is 38.6. The fourth-order valence-corrected chi connectivity index (χ4v) is 9.14. The van der Waals surface area contributed by atoms with Gasteiger partial charge in [0.2, 0.25) is 0 Å². The molecule has 0 aliphatic heterocycles. The fourth-order valence-electron chi connectivity index (χ4n) is 6.65. The Kier molecular flexibility index (Phi) is 4.29. The van der Waals surface area contributed by atoms with Crippen LogP contribution in [0.25, 0.3) is 69.0 Å². The number of allylic oxidation sites excluding steroid dienone is 1. The van der Waals surface area contributed by atoms with Crippen LogP contribution in [-0.2, 0) is 0 Å². The Balaban J connectivity index is 1.14. The van der Waals surface area contributed by atoms with Gasteiger partial charge in [-0.05, 0) is 80.6 Å². The van der Waals surface area contributed by atoms with Crippen LogP contribution in [0.5, 0.6) is 0 Å². The molecule has 2 aliphatic rings. The first-order chi connectivity index (χ1) is 18.8. The van der Waals surface area contributed by atoms with Gasteiger partial charge in [0, 0.05) is 35.7 Å². The Morgan fingerprint density at radius 2 is 1.24 bits per heavy atom. The van der Waals surface area contributed by atoms with E-state index in [2.05, 4.69) is 115 Å². The summed E-state index contributed by atoms with van der Waals surface area (Å²) in [5, 5.41) is 4.14. The van der Waals surface area contributed by atoms with E-state index < -0.39 is 0 Å². The minimum Gasteiger partial charge on any atom is -0.135 e. The van der Waals surface area contributed by atoms with Crippen LogP contribution >= 0.6 is 22.7 Å². The maximum Gasteiger partial charge on any atom is 0.0396 e. The van der Waals surface area contributed by atoms with Crippen molar-refractivity contribution in [2.45, 2.75) is 12.3 Å². The van der Waals surface area contributed by atoms with E-state index in [4.69, 9.17) is 0 Å². The number of rotatable bonds is 2. The molecule has 2 heterocycles. The minimum atomic E-state index is 0.507. The second kappa shape index (κ2) is 7.77. The lowest BCUT2D eigenvalue weighted by Crippen LogP contribution is -2.01. The molecule has 0 radical (unpaired) electrons. The van der Waals surface area contributed by atoms with Crippen molar-refractivity contribution >= 4 is 59.0 Å². The van der Waals surface area contributed by atoms with Gasteiger partial charge in [0.1, 0.15) is 0 Å². The van der Waals surface area contributed by atoms with Crippen molar-refractivity contribution in [2.24, 2.45) is 0 Å². The predicted molar refractivity (Wildman–Crippen MR) is 167 cm³/mol. The van der Waals surface area contributed by atoms with Crippen LogP contribution in [0, 0.1) is 0 Å². The molecule has 2 heteroatoms. The molecule has 0 saturated carbocycles. The summed E-state index contributed by atoms with van der Waals surface area (Å²) in [5.41, 5.74) is 11.1. The molecule has 0 saturated heterocycles. The van der Waals surface area contributed by atoms with E-state index in [1.165, 1.54) is 68.5 Å². The molecule has 0 nitrogen and oxygen atoms in total. The molecule has 2 aliphatic carbocycles. The van der Waals surface area contributed by atoms with E-state index in [1.54, 1.807) is 11.1 Å². The van der Waals surface area contributed by atoms with E-state index in [1.807, 2.05) is 22.7 Å². The highest BCUT2D eigenvalue weighted by Gasteiger charge is 2.34. The van der Waals surface area contributed by atoms with E-state index in [0.29, 0.717) is 5.92 Å². The topological polar surface area (TPSA) is 0 Å². The first-order valence-electron chi connectivity index (χ1n) is 13.2. The van der Waals surface area contributed by atoms with Crippen molar-refractivity contribution < 1.29 is 0 Å². The number of hydrogen-bond acceptors (Lipinski definition) is 2. The van der Waals surface area contributed by atoms with E-state index in [-0.39, 0.29) is 0 Å². The Hall–Kier alpha value is -3.98. The van der Waals surface area contributed by atoms with Gasteiger partial charge in [-0.3, -0.25) is 0 Å². The summed E-state index contributed by atoms with van der Waals surface area (Å²) in [4.78, 5) is 1.48. The average Bonchev–Trinajstić information content (AvgIpc) is 3.63. The Morgan fingerprint density at radius 3 is 2.11 bits per heavy atom. The standard InChI is InChI=1S/C36H22S2/c1-2-13-31-26(10-1)27-16-14-24(19-32(27)37-31)22-8-3-9-23(18-22)25-15-17-28-33(20-25)38-36-30-12-5-7-21-6-4-11-29(34(21)30)35(28)36/h1-10,12-20,29H,11H2. The summed E-state index contributed by atoms with van der Waals surface area (Å²) in [6.45, 7) is 0. The quantitative estimate of drug-likeness (QED) is 0.213. The number of fused-ring (bicyclic) bond motifs is 8. The van der Waals surface area contributed by atoms with Crippen LogP contribution in [0.3, 0.4) is 0 Å². The molecule has 0 fully saturated rings. The number of hydrogen-bond donors (Lipinski definition) is 0. The maximum absolute atomic E-state index is 2.41. The van der Waals surface area contributed by atoms with Gasteiger partial charge in [-0.1, -0.05) is 91.0 Å². The van der Waals surface area contributed by atoms with Crippen LogP contribution in [0.15, 0.2) is 109 Å². The number of thiophene rings is 2. The van der Waals surface area contributed by atoms with E-state index in [9.17, 15) is 0 Å². The Morgan fingerprint density at radius 1 is 0.526 bits per heavy atom. The maximum atomic E-state index is 2.41. The zero-order valence-corrected chi connectivity index (χ0v) is 22.2. The Bertz CT molecular complexity index is 2120. The zero-order valence-electron chi connectivity index (χ0n) is 20.6. The van der Waals surface area contributed by atoms with Gasteiger partial charge < -0.3 is 0 Å². The summed E-state index contributed by atoms with van der Waals surface area (Å²) < 4.78 is 4.10. The third-order valence-corrected chi connectivity index (χ3v) is 10.7. The van der Waals surface area contributed by atoms with Gasteiger partial charge in [0.25, 0.3) is 0 Å². The van der Waals surface area contributed by atoms with Crippen LogP contribution in [0.1, 0.15) is 29.0 Å². The van der Waals surface area contributed by atoms with Gasteiger partial charge in [0.05, 0.1) is 0 Å². The molecule has 5 aromatic carbocycles. The van der Waals surface area contributed by atoms with Gasteiger partial charge in [-0.25, -0.2) is 0 Å². The van der Waals surface area contributed by atoms with Gasteiger partial charge in [-0.15, -0.1) is 22.7 Å². The van der Waals surface area contributed by atoms with Gasteiger partial charge in [-0.2, -0.15) is 0 Å². The van der Waals surface area contributed by atoms with Crippen molar-refractivity contribution in [3.63, 3.8) is 0 Å². The SMILES string of the molecule is C1=Cc2cccc3c2C(C1)c1c-3sc2cc(-c3cccc(-c4ccc5c(c4)sc4ccccc45)c3)ccc12. The second-order valence-electron chi connectivity index (χ2n) is 10.4. The highest BCUT2D eigenvalue weighted by Crippen LogP contribution is 2.56. The molecular weight excluding hydrogens is 497 g/mol. The Labute approximate surface area is 229 Å². The molecule has 178 valence electrons. The summed E-state index contributed by atoms with van der Waals surface area (Å²) in [6.07, 6.45) is 5.76. The van der Waals surface area contributed by atoms with E-state index in [0.717, 1.165) is 6.42 Å². The lowest BCUT2D eigenvalue weighted by molar-refractivity contribution is 0.852. The normalized spacial score (nSPS) is 15.4. The molecule has 1 atom stereocenters. The van der Waals surface area contributed by atoms with Gasteiger partial charge in [0.15, 0.2) is 0 Å². The van der Waals surface area contributed by atoms with Crippen molar-refractivity contribution in [1.82, 2.24) is 0 Å². The summed E-state index contributed by atoms with van der Waals surface area (Å²) in [5.74, 6) is 0.507. The van der Waals surface area contributed by atoms with Gasteiger partial charge >= 0.3 is 0 Å². The lowest BCUT2D eigenvalue weighted by Gasteiger charge is -2.18. The van der Waals surface area contributed by atoms with Crippen molar-refractivity contribution in [1.29, 1.82) is 0 Å². The summed E-state index contributed by atoms with van der Waals surface area (Å²) in [7, 11) is 0. The first kappa shape index (κ1) is 21.0. The smallest absolute Gasteiger partial charge is 0.0396 e. The van der Waals surface area contributed by atoms with Crippen LogP contribution in [0.4, 0.5) is 0 Å². The largest absolute Gasteiger partial charge is 0.135 e. The molecule has 7 aromatic rings. The highest BCUT2D eigenvalue weighted by atomic mass is 32.1. The van der Waals surface area contributed by atoms with Crippen molar-refractivity contribution in [2.75, 3.05) is 0 Å². The molecule has 38 heavy (non-hydrogen) atoms.